The van der Waals surface area contributed by atoms with Gasteiger partial charge in [0.15, 0.2) is 0 Å². The molecule has 0 bridgehead atoms. The number of ether oxygens (including phenoxy) is 1. The van der Waals surface area contributed by atoms with E-state index in [1.807, 2.05) is 30.3 Å². The van der Waals surface area contributed by atoms with Gasteiger partial charge in [-0.3, -0.25) is 4.79 Å². The zero-order valence-electron chi connectivity index (χ0n) is 11.7. The second-order valence-electron chi connectivity index (χ2n) is 5.08. The fourth-order valence-electron chi connectivity index (χ4n) is 1.96. The third kappa shape index (κ3) is 7.85. The molecular weight excluding hydrogens is 262 g/mol. The van der Waals surface area contributed by atoms with Crippen molar-refractivity contribution in [3.63, 3.8) is 0 Å². The number of hydrogen-bond donors (Lipinski definition) is 1. The number of carbonyl (C=O) groups excluding carboxylic acids is 1. The van der Waals surface area contributed by atoms with E-state index in [1.54, 1.807) is 0 Å². The summed E-state index contributed by atoms with van der Waals surface area (Å²) in [6.45, 7) is 5.16. The summed E-state index contributed by atoms with van der Waals surface area (Å²) in [7, 11) is 0. The van der Waals surface area contributed by atoms with E-state index in [-0.39, 0.29) is 24.3 Å². The number of esters is 1. The minimum absolute atomic E-state index is 0. The number of hydrogen-bond acceptors (Lipinski definition) is 3. The van der Waals surface area contributed by atoms with Gasteiger partial charge in [0.1, 0.15) is 6.61 Å². The first-order valence-corrected chi connectivity index (χ1v) is 6.51. The Morgan fingerprint density at radius 3 is 2.42 bits per heavy atom. The molecule has 0 saturated carbocycles. The SMILES string of the molecule is CC(C)C[C@H](CN)CC(=O)OCc1ccccc1.Cl. The van der Waals surface area contributed by atoms with Crippen molar-refractivity contribution < 1.29 is 9.53 Å². The second-order valence-corrected chi connectivity index (χ2v) is 5.08. The molecule has 0 fully saturated rings. The number of benzene rings is 1. The highest BCUT2D eigenvalue weighted by Gasteiger charge is 2.15. The molecule has 1 aromatic carbocycles. The van der Waals surface area contributed by atoms with Gasteiger partial charge in [0.05, 0.1) is 0 Å². The zero-order valence-corrected chi connectivity index (χ0v) is 12.5. The molecular formula is C15H24ClNO2. The lowest BCUT2D eigenvalue weighted by Gasteiger charge is -2.16. The Morgan fingerprint density at radius 1 is 1.26 bits per heavy atom. The van der Waals surface area contributed by atoms with Gasteiger partial charge in [-0.1, -0.05) is 44.2 Å². The molecule has 0 aliphatic rings. The summed E-state index contributed by atoms with van der Waals surface area (Å²) >= 11 is 0. The summed E-state index contributed by atoms with van der Waals surface area (Å²) < 4.78 is 5.25. The molecule has 0 aliphatic carbocycles. The van der Waals surface area contributed by atoms with Crippen LogP contribution in [-0.2, 0) is 16.1 Å². The molecule has 2 N–H and O–H groups in total. The topological polar surface area (TPSA) is 52.3 Å². The van der Waals surface area contributed by atoms with Crippen molar-refractivity contribution in [1.82, 2.24) is 0 Å². The van der Waals surface area contributed by atoms with Crippen LogP contribution in [0.25, 0.3) is 0 Å². The van der Waals surface area contributed by atoms with Gasteiger partial charge in [-0.05, 0) is 30.4 Å². The van der Waals surface area contributed by atoms with Crippen LogP contribution in [0.4, 0.5) is 0 Å². The Kier molecular flexibility index (Phi) is 9.27. The number of nitrogens with two attached hydrogens (primary N) is 1. The normalized spacial score (nSPS) is 11.8. The molecule has 0 aromatic heterocycles. The van der Waals surface area contributed by atoms with Crippen molar-refractivity contribution in [2.75, 3.05) is 6.54 Å². The van der Waals surface area contributed by atoms with E-state index in [0.29, 0.717) is 25.5 Å². The smallest absolute Gasteiger partial charge is 0.306 e. The lowest BCUT2D eigenvalue weighted by atomic mass is 9.94. The van der Waals surface area contributed by atoms with Crippen molar-refractivity contribution in [3.05, 3.63) is 35.9 Å². The van der Waals surface area contributed by atoms with Gasteiger partial charge < -0.3 is 10.5 Å². The minimum Gasteiger partial charge on any atom is -0.461 e. The Balaban J connectivity index is 0.00000324. The van der Waals surface area contributed by atoms with E-state index in [1.165, 1.54) is 0 Å². The number of carbonyl (C=O) groups is 1. The Bertz CT molecular complexity index is 354. The highest BCUT2D eigenvalue weighted by molar-refractivity contribution is 5.85. The maximum atomic E-state index is 11.7. The Morgan fingerprint density at radius 2 is 1.89 bits per heavy atom. The van der Waals surface area contributed by atoms with Crippen molar-refractivity contribution in [1.29, 1.82) is 0 Å². The lowest BCUT2D eigenvalue weighted by molar-refractivity contribution is -0.146. The summed E-state index contributed by atoms with van der Waals surface area (Å²) in [5.41, 5.74) is 6.68. The van der Waals surface area contributed by atoms with Gasteiger partial charge in [0, 0.05) is 6.42 Å². The molecule has 1 atom stereocenters. The monoisotopic (exact) mass is 285 g/mol. The summed E-state index contributed by atoms with van der Waals surface area (Å²) in [6.07, 6.45) is 1.39. The van der Waals surface area contributed by atoms with Crippen LogP contribution in [0.2, 0.25) is 0 Å². The Labute approximate surface area is 121 Å². The molecule has 0 aliphatic heterocycles. The van der Waals surface area contributed by atoms with Gasteiger partial charge in [-0.2, -0.15) is 0 Å². The molecule has 1 aromatic rings. The van der Waals surface area contributed by atoms with E-state index in [9.17, 15) is 4.79 Å². The number of halogens is 1. The third-order valence-corrected chi connectivity index (χ3v) is 2.84. The van der Waals surface area contributed by atoms with Crippen LogP contribution in [-0.4, -0.2) is 12.5 Å². The molecule has 0 spiro atoms. The molecule has 0 amide bonds. The molecule has 19 heavy (non-hydrogen) atoms. The van der Waals surface area contributed by atoms with E-state index >= 15 is 0 Å². The van der Waals surface area contributed by atoms with E-state index in [2.05, 4.69) is 13.8 Å². The fraction of sp³-hybridized carbons (Fsp3) is 0.533. The maximum Gasteiger partial charge on any atom is 0.306 e. The fourth-order valence-corrected chi connectivity index (χ4v) is 1.96. The summed E-state index contributed by atoms with van der Waals surface area (Å²) in [4.78, 5) is 11.7. The largest absolute Gasteiger partial charge is 0.461 e. The van der Waals surface area contributed by atoms with Gasteiger partial charge >= 0.3 is 5.97 Å². The van der Waals surface area contributed by atoms with Crippen molar-refractivity contribution in [2.24, 2.45) is 17.6 Å². The van der Waals surface area contributed by atoms with E-state index < -0.39 is 0 Å². The van der Waals surface area contributed by atoms with E-state index in [4.69, 9.17) is 10.5 Å². The summed E-state index contributed by atoms with van der Waals surface area (Å²) in [5.74, 6) is 0.628. The quantitative estimate of drug-likeness (QED) is 0.783. The highest BCUT2D eigenvalue weighted by atomic mass is 35.5. The van der Waals surface area contributed by atoms with Crippen molar-refractivity contribution in [2.45, 2.75) is 33.3 Å². The van der Waals surface area contributed by atoms with Gasteiger partial charge in [0.25, 0.3) is 0 Å². The van der Waals surface area contributed by atoms with Crippen LogP contribution in [0, 0.1) is 11.8 Å². The predicted molar refractivity (Wildman–Crippen MR) is 80.1 cm³/mol. The van der Waals surface area contributed by atoms with Gasteiger partial charge in [-0.15, -0.1) is 12.4 Å². The lowest BCUT2D eigenvalue weighted by Crippen LogP contribution is -2.21. The van der Waals surface area contributed by atoms with Crippen LogP contribution in [0.15, 0.2) is 30.3 Å². The highest BCUT2D eigenvalue weighted by Crippen LogP contribution is 2.15. The molecule has 0 unspecified atom stereocenters. The molecule has 0 saturated heterocycles. The van der Waals surface area contributed by atoms with Crippen LogP contribution < -0.4 is 5.73 Å². The standard InChI is InChI=1S/C15H23NO2.ClH/c1-12(2)8-14(10-16)9-15(17)18-11-13-6-4-3-5-7-13;/h3-7,12,14H,8-11,16H2,1-2H3;1H/t14-;/m0./s1. The molecule has 3 nitrogen and oxygen atoms in total. The molecule has 108 valence electrons. The van der Waals surface area contributed by atoms with Crippen LogP contribution in [0.5, 0.6) is 0 Å². The van der Waals surface area contributed by atoms with Gasteiger partial charge in [0.2, 0.25) is 0 Å². The first-order chi connectivity index (χ1) is 8.61. The second kappa shape index (κ2) is 9.82. The summed E-state index contributed by atoms with van der Waals surface area (Å²) in [5, 5.41) is 0. The first-order valence-electron chi connectivity index (χ1n) is 6.51. The number of rotatable bonds is 7. The predicted octanol–water partition coefficient (Wildman–Crippen LogP) is 3.16. The van der Waals surface area contributed by atoms with Crippen molar-refractivity contribution >= 4 is 18.4 Å². The van der Waals surface area contributed by atoms with E-state index in [0.717, 1.165) is 12.0 Å². The zero-order chi connectivity index (χ0) is 13.4. The third-order valence-electron chi connectivity index (χ3n) is 2.84. The molecule has 1 rings (SSSR count). The first kappa shape index (κ1) is 17.9. The van der Waals surface area contributed by atoms with Gasteiger partial charge in [-0.25, -0.2) is 0 Å². The molecule has 0 heterocycles. The van der Waals surface area contributed by atoms with Crippen LogP contribution >= 0.6 is 12.4 Å². The summed E-state index contributed by atoms with van der Waals surface area (Å²) in [6, 6.07) is 9.71. The average molecular weight is 286 g/mol. The van der Waals surface area contributed by atoms with Crippen LogP contribution in [0.3, 0.4) is 0 Å². The Hall–Kier alpha value is -1.06. The molecule has 4 heteroatoms. The average Bonchev–Trinajstić information content (AvgIpc) is 2.36. The molecule has 0 radical (unpaired) electrons. The van der Waals surface area contributed by atoms with Crippen LogP contribution in [0.1, 0.15) is 32.3 Å². The minimum atomic E-state index is -0.157. The maximum absolute atomic E-state index is 11.7. The van der Waals surface area contributed by atoms with Crippen molar-refractivity contribution in [3.8, 4) is 0 Å².